The van der Waals surface area contributed by atoms with E-state index in [0.717, 1.165) is 30.0 Å². The van der Waals surface area contributed by atoms with Crippen LogP contribution in [0.2, 0.25) is 0 Å². The maximum absolute atomic E-state index is 13.5. The van der Waals surface area contributed by atoms with Crippen molar-refractivity contribution in [2.75, 3.05) is 32.7 Å². The molecule has 2 fully saturated rings. The molecule has 2 aromatic carbocycles. The van der Waals surface area contributed by atoms with Crippen LogP contribution in [0.1, 0.15) is 32.1 Å². The lowest BCUT2D eigenvalue weighted by atomic mass is 9.98. The lowest BCUT2D eigenvalue weighted by Crippen LogP contribution is -2.52. The number of fused-ring (bicyclic) bond motifs is 1. The number of carbonyl (C=O) groups is 3. The standard InChI is InChI=1S/C26H35N5O6S.ClH/c27-11-13-31(21-8-9-21)25(33)23(15-24(32)28-16-18-4-3-12-30(17-18)26(34)35)29-38(36,37)22-10-7-19-5-1-2-6-20(19)14-22;/h1-2,5-7,10,14,18,21,23,29H,3-4,8-9,11-13,15-17,27H2,(H,28,32)(H,34,35);1H/t18-,23-;/m0./s1. The molecule has 214 valence electrons. The number of piperidine rings is 1. The fourth-order valence-corrected chi connectivity index (χ4v) is 6.11. The van der Waals surface area contributed by atoms with Crippen molar-refractivity contribution in [3.63, 3.8) is 0 Å². The maximum atomic E-state index is 13.5. The van der Waals surface area contributed by atoms with Gasteiger partial charge < -0.3 is 26.0 Å². The molecule has 0 bridgehead atoms. The molecule has 1 aliphatic heterocycles. The van der Waals surface area contributed by atoms with E-state index < -0.39 is 34.0 Å². The third-order valence-corrected chi connectivity index (χ3v) is 8.50. The Hall–Kier alpha value is -2.93. The summed E-state index contributed by atoms with van der Waals surface area (Å²) < 4.78 is 29.2. The number of rotatable bonds is 11. The molecule has 2 atom stereocenters. The van der Waals surface area contributed by atoms with Gasteiger partial charge in [0.25, 0.3) is 0 Å². The van der Waals surface area contributed by atoms with Crippen LogP contribution < -0.4 is 15.8 Å². The third-order valence-electron chi connectivity index (χ3n) is 7.03. The summed E-state index contributed by atoms with van der Waals surface area (Å²) in [6.45, 7) is 1.52. The van der Waals surface area contributed by atoms with Gasteiger partial charge in [0.15, 0.2) is 0 Å². The first-order valence-electron chi connectivity index (χ1n) is 12.9. The number of carboxylic acid groups (broad SMARTS) is 1. The zero-order valence-corrected chi connectivity index (χ0v) is 23.3. The molecule has 1 saturated carbocycles. The van der Waals surface area contributed by atoms with Crippen LogP contribution in [0.5, 0.6) is 0 Å². The number of sulfonamides is 1. The summed E-state index contributed by atoms with van der Waals surface area (Å²) in [7, 11) is -4.13. The predicted molar refractivity (Wildman–Crippen MR) is 149 cm³/mol. The quantitative estimate of drug-likeness (QED) is 0.314. The summed E-state index contributed by atoms with van der Waals surface area (Å²) in [5.41, 5.74) is 5.71. The van der Waals surface area contributed by atoms with E-state index in [9.17, 15) is 27.9 Å². The molecule has 0 aromatic heterocycles. The summed E-state index contributed by atoms with van der Waals surface area (Å²) in [4.78, 5) is 40.6. The van der Waals surface area contributed by atoms with E-state index in [1.165, 1.54) is 17.0 Å². The van der Waals surface area contributed by atoms with Crippen LogP contribution in [0.3, 0.4) is 0 Å². The number of nitrogens with zero attached hydrogens (tertiary/aromatic N) is 2. The van der Waals surface area contributed by atoms with Crippen molar-refractivity contribution in [1.29, 1.82) is 0 Å². The second kappa shape index (κ2) is 13.4. The van der Waals surface area contributed by atoms with Crippen LogP contribution in [-0.2, 0) is 19.6 Å². The van der Waals surface area contributed by atoms with Crippen molar-refractivity contribution in [3.05, 3.63) is 42.5 Å². The summed E-state index contributed by atoms with van der Waals surface area (Å²) in [5, 5.41) is 13.6. The molecule has 3 amide bonds. The van der Waals surface area contributed by atoms with Crippen molar-refractivity contribution in [3.8, 4) is 0 Å². The molecule has 1 saturated heterocycles. The Kier molecular flexibility index (Phi) is 10.5. The zero-order valence-electron chi connectivity index (χ0n) is 21.6. The molecular weight excluding hydrogens is 546 g/mol. The van der Waals surface area contributed by atoms with Gasteiger partial charge >= 0.3 is 6.09 Å². The summed E-state index contributed by atoms with van der Waals surface area (Å²) >= 11 is 0. The van der Waals surface area contributed by atoms with E-state index in [-0.39, 0.29) is 55.3 Å². The summed E-state index contributed by atoms with van der Waals surface area (Å²) in [5.74, 6) is -1.01. The van der Waals surface area contributed by atoms with Crippen LogP contribution in [0.4, 0.5) is 4.79 Å². The van der Waals surface area contributed by atoms with E-state index in [0.29, 0.717) is 19.5 Å². The minimum Gasteiger partial charge on any atom is -0.465 e. The van der Waals surface area contributed by atoms with Crippen molar-refractivity contribution < 1.29 is 27.9 Å². The van der Waals surface area contributed by atoms with Gasteiger partial charge in [0.1, 0.15) is 6.04 Å². The molecule has 2 aliphatic rings. The Morgan fingerprint density at radius 3 is 2.49 bits per heavy atom. The average Bonchev–Trinajstić information content (AvgIpc) is 3.75. The van der Waals surface area contributed by atoms with Crippen molar-refractivity contribution in [1.82, 2.24) is 19.8 Å². The topological polar surface area (TPSA) is 162 Å². The Morgan fingerprint density at radius 2 is 1.82 bits per heavy atom. The van der Waals surface area contributed by atoms with Crippen molar-refractivity contribution in [2.45, 2.75) is 49.1 Å². The van der Waals surface area contributed by atoms with E-state index in [2.05, 4.69) is 10.0 Å². The van der Waals surface area contributed by atoms with Crippen LogP contribution in [0.15, 0.2) is 47.4 Å². The fraction of sp³-hybridized carbons (Fsp3) is 0.500. The fourth-order valence-electron chi connectivity index (χ4n) is 4.89. The molecule has 1 heterocycles. The molecule has 13 heteroatoms. The van der Waals surface area contributed by atoms with Crippen molar-refractivity contribution in [2.24, 2.45) is 11.7 Å². The number of nitrogens with two attached hydrogens (primary N) is 1. The number of nitrogens with one attached hydrogen (secondary N) is 2. The molecule has 39 heavy (non-hydrogen) atoms. The highest BCUT2D eigenvalue weighted by molar-refractivity contribution is 7.89. The molecule has 0 spiro atoms. The molecule has 5 N–H and O–H groups in total. The van der Waals surface area contributed by atoms with Gasteiger partial charge in [-0.05, 0) is 54.5 Å². The predicted octanol–water partition coefficient (Wildman–Crippen LogP) is 1.75. The van der Waals surface area contributed by atoms with Crippen LogP contribution in [0, 0.1) is 5.92 Å². The first kappa shape index (κ1) is 30.6. The molecule has 4 rings (SSSR count). The van der Waals surface area contributed by atoms with Gasteiger partial charge in [0.05, 0.1) is 11.3 Å². The van der Waals surface area contributed by atoms with E-state index in [1.54, 1.807) is 17.0 Å². The summed E-state index contributed by atoms with van der Waals surface area (Å²) in [6.07, 6.45) is 1.72. The second-order valence-corrected chi connectivity index (χ2v) is 11.7. The normalized spacial score (nSPS) is 18.2. The number of hydrogen-bond donors (Lipinski definition) is 4. The van der Waals surface area contributed by atoms with Gasteiger partial charge in [-0.15, -0.1) is 12.4 Å². The lowest BCUT2D eigenvalue weighted by Gasteiger charge is -2.31. The number of likely N-dealkylation sites (tertiary alicyclic amines) is 1. The smallest absolute Gasteiger partial charge is 0.407 e. The van der Waals surface area contributed by atoms with E-state index in [1.807, 2.05) is 18.2 Å². The first-order valence-corrected chi connectivity index (χ1v) is 14.4. The number of halogens is 1. The van der Waals surface area contributed by atoms with E-state index in [4.69, 9.17) is 5.73 Å². The van der Waals surface area contributed by atoms with Gasteiger partial charge in [-0.25, -0.2) is 13.2 Å². The van der Waals surface area contributed by atoms with Gasteiger partial charge in [-0.3, -0.25) is 9.59 Å². The maximum Gasteiger partial charge on any atom is 0.407 e. The first-order chi connectivity index (χ1) is 18.2. The zero-order chi connectivity index (χ0) is 27.3. The lowest BCUT2D eigenvalue weighted by molar-refractivity contribution is -0.136. The molecule has 0 radical (unpaired) electrons. The Morgan fingerprint density at radius 1 is 1.10 bits per heavy atom. The van der Waals surface area contributed by atoms with Crippen molar-refractivity contribution >= 4 is 51.1 Å². The van der Waals surface area contributed by atoms with Crippen LogP contribution in [-0.4, -0.2) is 86.0 Å². The Labute approximate surface area is 234 Å². The number of hydrogen-bond acceptors (Lipinski definition) is 6. The van der Waals surface area contributed by atoms with Gasteiger partial charge in [-0.2, -0.15) is 4.72 Å². The van der Waals surface area contributed by atoms with Crippen LogP contribution >= 0.6 is 12.4 Å². The van der Waals surface area contributed by atoms with Gasteiger partial charge in [-0.1, -0.05) is 30.3 Å². The second-order valence-electron chi connectivity index (χ2n) is 9.98. The molecular formula is C26H36ClN5O6S. The highest BCUT2D eigenvalue weighted by Gasteiger charge is 2.38. The highest BCUT2D eigenvalue weighted by atomic mass is 35.5. The minimum absolute atomic E-state index is 0. The van der Waals surface area contributed by atoms with Gasteiger partial charge in [0.2, 0.25) is 21.8 Å². The average molecular weight is 582 g/mol. The Balaban J connectivity index is 0.00000420. The molecule has 2 aromatic rings. The molecule has 1 aliphatic carbocycles. The number of benzene rings is 2. The monoisotopic (exact) mass is 581 g/mol. The summed E-state index contributed by atoms with van der Waals surface area (Å²) in [6, 6.07) is 10.7. The van der Waals surface area contributed by atoms with E-state index >= 15 is 0 Å². The molecule has 11 nitrogen and oxygen atoms in total. The van der Waals surface area contributed by atoms with Gasteiger partial charge in [0, 0.05) is 38.8 Å². The molecule has 0 unspecified atom stereocenters. The Bertz CT molecular complexity index is 1290. The largest absolute Gasteiger partial charge is 0.465 e. The highest BCUT2D eigenvalue weighted by Crippen LogP contribution is 2.28. The minimum atomic E-state index is -4.13. The number of amides is 3. The van der Waals surface area contributed by atoms with Crippen LogP contribution in [0.25, 0.3) is 10.8 Å². The number of carbonyl (C=O) groups excluding carboxylic acids is 2. The SMILES string of the molecule is Cl.NCCN(C(=O)[C@H](CC(=O)NC[C@@H]1CCCN(C(=O)O)C1)NS(=O)(=O)c1ccc2ccccc2c1)C1CC1. The third kappa shape index (κ3) is 8.04.